The summed E-state index contributed by atoms with van der Waals surface area (Å²) in [6.07, 6.45) is 1.13. The first kappa shape index (κ1) is 16.9. The van der Waals surface area contributed by atoms with E-state index in [9.17, 15) is 13.2 Å². The molecule has 1 aliphatic heterocycles. The van der Waals surface area contributed by atoms with Crippen molar-refractivity contribution in [3.8, 4) is 0 Å². The van der Waals surface area contributed by atoms with Crippen molar-refractivity contribution < 1.29 is 22.5 Å². The fourth-order valence-electron chi connectivity index (χ4n) is 2.46. The van der Waals surface area contributed by atoms with Crippen LogP contribution in [0.1, 0.15) is 18.4 Å². The smallest absolute Gasteiger partial charge is 0.256 e. The number of amides is 1. The maximum atomic E-state index is 12.6. The molecule has 1 aromatic rings. The number of ether oxygens (including phenoxy) is 1. The Morgan fingerprint density at radius 1 is 1.55 bits per heavy atom. The summed E-state index contributed by atoms with van der Waals surface area (Å²) in [5.74, 6) is 0.376. The lowest BCUT2D eigenvalue weighted by atomic mass is 10.0. The second kappa shape index (κ2) is 5.98. The van der Waals surface area contributed by atoms with Crippen molar-refractivity contribution in [2.24, 2.45) is 0 Å². The normalized spacial score (nSPS) is 23.5. The maximum absolute atomic E-state index is 12.6. The monoisotopic (exact) mass is 331 g/mol. The van der Waals surface area contributed by atoms with Gasteiger partial charge >= 0.3 is 0 Å². The molecule has 0 aliphatic carbocycles. The van der Waals surface area contributed by atoms with Gasteiger partial charge in [-0.25, -0.2) is 8.42 Å². The average molecular weight is 331 g/mol. The molecule has 1 aromatic heterocycles. The van der Waals surface area contributed by atoms with Crippen molar-refractivity contribution in [3.05, 3.63) is 17.5 Å². The third kappa shape index (κ3) is 3.65. The molecule has 8 nitrogen and oxygen atoms in total. The molecular weight excluding hydrogens is 310 g/mol. The topological polar surface area (TPSA) is 93.0 Å². The molecule has 1 fully saturated rings. The summed E-state index contributed by atoms with van der Waals surface area (Å²) in [4.78, 5) is 14.1. The van der Waals surface area contributed by atoms with E-state index in [2.05, 4.69) is 5.16 Å². The molecule has 9 heteroatoms. The predicted octanol–water partition coefficient (Wildman–Crippen LogP) is -0.00808. The van der Waals surface area contributed by atoms with Gasteiger partial charge in [0.25, 0.3) is 5.91 Å². The molecule has 0 N–H and O–H groups in total. The van der Waals surface area contributed by atoms with Gasteiger partial charge in [-0.2, -0.15) is 4.31 Å². The SMILES string of the molecule is Cc1cc(CN(C)C(=O)C2(C)CN(S(C)(=O)=O)CCO2)no1. The van der Waals surface area contributed by atoms with Crippen LogP contribution >= 0.6 is 0 Å². The van der Waals surface area contributed by atoms with Crippen molar-refractivity contribution in [3.63, 3.8) is 0 Å². The molecule has 0 radical (unpaired) electrons. The minimum Gasteiger partial charge on any atom is -0.363 e. The van der Waals surface area contributed by atoms with Gasteiger partial charge in [0.05, 0.1) is 26.0 Å². The summed E-state index contributed by atoms with van der Waals surface area (Å²) in [6.45, 7) is 4.10. The van der Waals surface area contributed by atoms with Crippen molar-refractivity contribution >= 4 is 15.9 Å². The highest BCUT2D eigenvalue weighted by molar-refractivity contribution is 7.88. The van der Waals surface area contributed by atoms with E-state index >= 15 is 0 Å². The Kier molecular flexibility index (Phi) is 4.59. The van der Waals surface area contributed by atoms with Gasteiger partial charge in [-0.1, -0.05) is 5.16 Å². The summed E-state index contributed by atoms with van der Waals surface area (Å²) in [7, 11) is -1.73. The number of carbonyl (C=O) groups is 1. The Labute approximate surface area is 130 Å². The number of carbonyl (C=O) groups excluding carboxylic acids is 1. The molecular formula is C13H21N3O5S. The molecule has 0 bridgehead atoms. The highest BCUT2D eigenvalue weighted by Gasteiger charge is 2.43. The molecule has 2 rings (SSSR count). The molecule has 0 aromatic carbocycles. The van der Waals surface area contributed by atoms with Crippen LogP contribution in [0.5, 0.6) is 0 Å². The number of hydrogen-bond acceptors (Lipinski definition) is 6. The van der Waals surface area contributed by atoms with E-state index in [1.165, 1.54) is 9.21 Å². The summed E-state index contributed by atoms with van der Waals surface area (Å²) in [6, 6.07) is 1.75. The van der Waals surface area contributed by atoms with Crippen LogP contribution in [-0.2, 0) is 26.1 Å². The summed E-state index contributed by atoms with van der Waals surface area (Å²) >= 11 is 0. The van der Waals surface area contributed by atoms with Gasteiger partial charge in [-0.05, 0) is 13.8 Å². The van der Waals surface area contributed by atoms with E-state index in [1.807, 2.05) is 0 Å². The lowest BCUT2D eigenvalue weighted by molar-refractivity contribution is -0.162. The molecule has 1 saturated heterocycles. The second-order valence-corrected chi connectivity index (χ2v) is 7.75. The molecule has 1 aliphatic rings. The number of likely N-dealkylation sites (N-methyl/N-ethyl adjacent to an activating group) is 1. The van der Waals surface area contributed by atoms with E-state index in [-0.39, 0.29) is 32.1 Å². The lowest BCUT2D eigenvalue weighted by Gasteiger charge is -2.39. The standard InChI is InChI=1S/C13H21N3O5S/c1-10-7-11(14-21-10)8-15(3)12(17)13(2)9-16(5-6-20-13)22(4,18)19/h7H,5-6,8-9H2,1-4H3. The minimum atomic E-state index is -3.36. The van der Waals surface area contributed by atoms with Crippen LogP contribution in [0, 0.1) is 6.92 Å². The van der Waals surface area contributed by atoms with Gasteiger partial charge in [0.15, 0.2) is 5.60 Å². The van der Waals surface area contributed by atoms with Crippen molar-refractivity contribution in [1.82, 2.24) is 14.4 Å². The Bertz CT molecular complexity index is 656. The van der Waals surface area contributed by atoms with E-state index in [0.29, 0.717) is 11.5 Å². The van der Waals surface area contributed by atoms with E-state index < -0.39 is 15.6 Å². The third-order valence-corrected chi connectivity index (χ3v) is 4.83. The zero-order chi connectivity index (χ0) is 16.5. The first-order valence-corrected chi connectivity index (χ1v) is 8.73. The van der Waals surface area contributed by atoms with Crippen LogP contribution in [0.4, 0.5) is 0 Å². The predicted molar refractivity (Wildman–Crippen MR) is 78.5 cm³/mol. The van der Waals surface area contributed by atoms with Crippen molar-refractivity contribution in [2.45, 2.75) is 26.0 Å². The highest BCUT2D eigenvalue weighted by atomic mass is 32.2. The molecule has 1 amide bonds. The van der Waals surface area contributed by atoms with Crippen molar-refractivity contribution in [2.75, 3.05) is 33.0 Å². The second-order valence-electron chi connectivity index (χ2n) is 5.77. The van der Waals surface area contributed by atoms with Crippen molar-refractivity contribution in [1.29, 1.82) is 0 Å². The molecule has 22 heavy (non-hydrogen) atoms. The Morgan fingerprint density at radius 3 is 2.77 bits per heavy atom. The van der Waals surface area contributed by atoms with Crippen LogP contribution in [0.25, 0.3) is 0 Å². The van der Waals surface area contributed by atoms with Gasteiger partial charge in [-0.15, -0.1) is 0 Å². The highest BCUT2D eigenvalue weighted by Crippen LogP contribution is 2.22. The Morgan fingerprint density at radius 2 is 2.23 bits per heavy atom. The van der Waals surface area contributed by atoms with Gasteiger partial charge in [0, 0.05) is 19.7 Å². The Balaban J connectivity index is 2.09. The number of hydrogen-bond donors (Lipinski definition) is 0. The quantitative estimate of drug-likeness (QED) is 0.770. The zero-order valence-electron chi connectivity index (χ0n) is 13.2. The van der Waals surface area contributed by atoms with Gasteiger partial charge in [0.2, 0.25) is 10.0 Å². The molecule has 1 unspecified atom stereocenters. The largest absolute Gasteiger partial charge is 0.363 e. The fourth-order valence-corrected chi connectivity index (χ4v) is 3.34. The first-order valence-electron chi connectivity index (χ1n) is 6.89. The fraction of sp³-hybridized carbons (Fsp3) is 0.692. The third-order valence-electron chi connectivity index (χ3n) is 3.58. The lowest BCUT2D eigenvalue weighted by Crippen LogP contribution is -2.59. The minimum absolute atomic E-state index is 0.00680. The number of sulfonamides is 1. The Hall–Kier alpha value is -1.45. The first-order chi connectivity index (χ1) is 10.1. The molecule has 1 atom stereocenters. The van der Waals surface area contributed by atoms with Gasteiger partial charge in [-0.3, -0.25) is 4.79 Å². The molecule has 124 valence electrons. The number of aryl methyl sites for hydroxylation is 1. The molecule has 0 spiro atoms. The number of rotatable bonds is 4. The van der Waals surface area contributed by atoms with E-state index in [4.69, 9.17) is 9.26 Å². The number of nitrogens with zero attached hydrogens (tertiary/aromatic N) is 3. The van der Waals surface area contributed by atoms with E-state index in [1.54, 1.807) is 27.0 Å². The van der Waals surface area contributed by atoms with Gasteiger partial charge < -0.3 is 14.2 Å². The van der Waals surface area contributed by atoms with E-state index in [0.717, 1.165) is 6.26 Å². The van der Waals surface area contributed by atoms with Gasteiger partial charge in [0.1, 0.15) is 11.5 Å². The number of aromatic nitrogens is 1. The van der Waals surface area contributed by atoms with Crippen LogP contribution in [-0.4, -0.2) is 67.3 Å². The number of morpholine rings is 1. The maximum Gasteiger partial charge on any atom is 0.256 e. The molecule has 2 heterocycles. The zero-order valence-corrected chi connectivity index (χ0v) is 14.0. The molecule has 0 saturated carbocycles. The summed E-state index contributed by atoms with van der Waals surface area (Å²) in [5, 5.41) is 3.84. The van der Waals surface area contributed by atoms with Crippen LogP contribution < -0.4 is 0 Å². The van der Waals surface area contributed by atoms with Crippen LogP contribution in [0.2, 0.25) is 0 Å². The summed E-state index contributed by atoms with van der Waals surface area (Å²) in [5.41, 5.74) is -0.567. The van der Waals surface area contributed by atoms with Crippen LogP contribution in [0.3, 0.4) is 0 Å². The van der Waals surface area contributed by atoms with Crippen LogP contribution in [0.15, 0.2) is 10.6 Å². The summed E-state index contributed by atoms with van der Waals surface area (Å²) < 4.78 is 35.2. The average Bonchev–Trinajstić information content (AvgIpc) is 2.82.